The molecule has 0 radical (unpaired) electrons. The van der Waals surface area contributed by atoms with Crippen LogP contribution in [0.3, 0.4) is 0 Å². The van der Waals surface area contributed by atoms with E-state index in [1.54, 1.807) is 12.1 Å². The molecular formula is C26H25N3O6. The Morgan fingerprint density at radius 3 is 2.63 bits per heavy atom. The molecule has 1 aliphatic heterocycles. The van der Waals surface area contributed by atoms with Crippen LogP contribution in [0.1, 0.15) is 30.0 Å². The number of benzene rings is 2. The number of carbonyl (C=O) groups is 4. The van der Waals surface area contributed by atoms with Crippen molar-refractivity contribution in [1.29, 1.82) is 0 Å². The summed E-state index contributed by atoms with van der Waals surface area (Å²) in [4.78, 5) is 53.7. The summed E-state index contributed by atoms with van der Waals surface area (Å²) in [5, 5.41) is 9.86. The van der Waals surface area contributed by atoms with E-state index in [9.17, 15) is 24.3 Å². The molecule has 2 heterocycles. The zero-order chi connectivity index (χ0) is 25.1. The molecule has 2 aromatic carbocycles. The average Bonchev–Trinajstić information content (AvgIpc) is 3.33. The van der Waals surface area contributed by atoms with Gasteiger partial charge in [-0.1, -0.05) is 36.4 Å². The van der Waals surface area contributed by atoms with Crippen molar-refractivity contribution in [2.75, 3.05) is 0 Å². The number of aliphatic carboxylic acids is 1. The second-order valence-corrected chi connectivity index (χ2v) is 8.50. The highest BCUT2D eigenvalue weighted by molar-refractivity contribution is 6.23. The summed E-state index contributed by atoms with van der Waals surface area (Å²) < 4.78 is 5.02. The number of likely N-dealkylation sites (tertiary alicyclic amines) is 1. The van der Waals surface area contributed by atoms with E-state index in [-0.39, 0.29) is 30.4 Å². The van der Waals surface area contributed by atoms with Crippen LogP contribution < -0.4 is 5.73 Å². The Labute approximate surface area is 201 Å². The molecule has 1 saturated heterocycles. The molecule has 1 aliphatic rings. The fourth-order valence-corrected chi connectivity index (χ4v) is 4.25. The number of amides is 2. The van der Waals surface area contributed by atoms with E-state index in [1.165, 1.54) is 18.0 Å². The van der Waals surface area contributed by atoms with Crippen molar-refractivity contribution >= 4 is 40.2 Å². The lowest BCUT2D eigenvalue weighted by Crippen LogP contribution is -2.30. The van der Waals surface area contributed by atoms with Gasteiger partial charge in [0.25, 0.3) is 0 Å². The number of nitrogens with one attached hydrogen (secondary N) is 1. The summed E-state index contributed by atoms with van der Waals surface area (Å²) in [5.74, 6) is -3.09. The maximum Gasteiger partial charge on any atom is 0.340 e. The Hall–Kier alpha value is -4.24. The average molecular weight is 476 g/mol. The van der Waals surface area contributed by atoms with Gasteiger partial charge in [-0.25, -0.2) is 9.59 Å². The topological polar surface area (TPSA) is 143 Å². The highest BCUT2D eigenvalue weighted by atomic mass is 16.6. The smallest absolute Gasteiger partial charge is 0.340 e. The van der Waals surface area contributed by atoms with E-state index in [2.05, 4.69) is 4.98 Å². The third-order valence-corrected chi connectivity index (χ3v) is 5.82. The third-order valence-electron chi connectivity index (χ3n) is 5.82. The molecule has 4 N–H and O–H groups in total. The molecule has 2 unspecified atom stereocenters. The fourth-order valence-electron chi connectivity index (χ4n) is 4.25. The monoisotopic (exact) mass is 475 g/mol. The van der Waals surface area contributed by atoms with Crippen molar-refractivity contribution in [3.05, 3.63) is 77.5 Å². The van der Waals surface area contributed by atoms with Gasteiger partial charge in [0.05, 0.1) is 18.0 Å². The van der Waals surface area contributed by atoms with Crippen LogP contribution >= 0.6 is 0 Å². The van der Waals surface area contributed by atoms with Crippen LogP contribution in [0.2, 0.25) is 0 Å². The predicted molar refractivity (Wildman–Crippen MR) is 127 cm³/mol. The van der Waals surface area contributed by atoms with Gasteiger partial charge < -0.3 is 14.8 Å². The molecular weight excluding hydrogens is 450 g/mol. The summed E-state index contributed by atoms with van der Waals surface area (Å²) in [6.07, 6.45) is 1.84. The number of aromatic amines is 1. The summed E-state index contributed by atoms with van der Waals surface area (Å²) >= 11 is 0. The number of hydrogen-bond acceptors (Lipinski definition) is 6. The lowest BCUT2D eigenvalue weighted by atomic mass is 9.95. The number of hydrogen-bond donors (Lipinski definition) is 3. The molecule has 2 amide bonds. The molecule has 1 fully saturated rings. The van der Waals surface area contributed by atoms with Gasteiger partial charge in [0.1, 0.15) is 6.23 Å². The standard InChI is InChI=1S/C26H25N3O6/c1-15(27)35-26(34)20(12-24(31)32)21-13-28-22-8-7-17(10-19(21)22)9-18-11-23(30)29(25(18)33)14-16-5-3-2-4-6-16/h2-8,10,12-13,15,18,28H,9,11,14,27H2,1H3,(H,31,32)/b20-12-. The van der Waals surface area contributed by atoms with E-state index in [1.807, 2.05) is 36.4 Å². The SMILES string of the molecule is CC(N)OC(=O)/C(=C\C(=O)O)c1c[nH]c2ccc(CC3CC(=O)N(Cc4ccccc4)C3=O)cc12. The zero-order valence-corrected chi connectivity index (χ0v) is 19.1. The van der Waals surface area contributed by atoms with Gasteiger partial charge in [-0.2, -0.15) is 0 Å². The number of imide groups is 1. The number of carbonyl (C=O) groups excluding carboxylic acids is 3. The first-order valence-corrected chi connectivity index (χ1v) is 11.1. The molecule has 0 spiro atoms. The lowest BCUT2D eigenvalue weighted by Gasteiger charge is -2.15. The van der Waals surface area contributed by atoms with Gasteiger partial charge in [0.15, 0.2) is 0 Å². The number of aromatic nitrogens is 1. The number of nitrogens with two attached hydrogens (primary N) is 1. The predicted octanol–water partition coefficient (Wildman–Crippen LogP) is 2.60. The molecule has 0 aliphatic carbocycles. The molecule has 0 bridgehead atoms. The molecule has 3 aromatic rings. The number of carboxylic acids is 1. The lowest BCUT2D eigenvalue weighted by molar-refractivity contribution is -0.141. The molecule has 0 saturated carbocycles. The summed E-state index contributed by atoms with van der Waals surface area (Å²) in [5.41, 5.74) is 8.06. The van der Waals surface area contributed by atoms with Crippen LogP contribution in [-0.2, 0) is 36.9 Å². The first-order chi connectivity index (χ1) is 16.7. The van der Waals surface area contributed by atoms with Gasteiger partial charge >= 0.3 is 11.9 Å². The Kier molecular flexibility index (Phi) is 6.79. The summed E-state index contributed by atoms with van der Waals surface area (Å²) in [6.45, 7) is 1.70. The highest BCUT2D eigenvalue weighted by Gasteiger charge is 2.38. The number of fused-ring (bicyclic) bond motifs is 1. The van der Waals surface area contributed by atoms with Crippen LogP contribution in [0, 0.1) is 5.92 Å². The summed E-state index contributed by atoms with van der Waals surface area (Å²) in [7, 11) is 0. The van der Waals surface area contributed by atoms with Crippen LogP contribution in [0.4, 0.5) is 0 Å². The molecule has 2 atom stereocenters. The van der Waals surface area contributed by atoms with Gasteiger partial charge in [0.2, 0.25) is 11.8 Å². The van der Waals surface area contributed by atoms with Gasteiger partial charge in [-0.15, -0.1) is 0 Å². The molecule has 1 aromatic heterocycles. The van der Waals surface area contributed by atoms with E-state index < -0.39 is 24.1 Å². The van der Waals surface area contributed by atoms with E-state index in [0.29, 0.717) is 22.9 Å². The Morgan fingerprint density at radius 2 is 1.94 bits per heavy atom. The van der Waals surface area contributed by atoms with Gasteiger partial charge in [0, 0.05) is 35.2 Å². The first kappa shape index (κ1) is 23.9. The number of nitrogens with zero attached hydrogens (tertiary/aromatic N) is 1. The number of carboxylic acid groups (broad SMARTS) is 1. The van der Waals surface area contributed by atoms with Crippen LogP contribution in [-0.4, -0.2) is 45.0 Å². The maximum absolute atomic E-state index is 13.0. The van der Waals surface area contributed by atoms with Crippen molar-refractivity contribution in [1.82, 2.24) is 9.88 Å². The number of ether oxygens (including phenoxy) is 1. The third kappa shape index (κ3) is 5.30. The molecule has 9 nitrogen and oxygen atoms in total. The first-order valence-electron chi connectivity index (χ1n) is 11.1. The van der Waals surface area contributed by atoms with E-state index in [0.717, 1.165) is 17.2 Å². The van der Waals surface area contributed by atoms with Crippen molar-refractivity contribution in [3.8, 4) is 0 Å². The minimum atomic E-state index is -1.30. The maximum atomic E-state index is 13.0. The van der Waals surface area contributed by atoms with Gasteiger partial charge in [-0.3, -0.25) is 20.2 Å². The fraction of sp³-hybridized carbons (Fsp3) is 0.231. The van der Waals surface area contributed by atoms with Crippen molar-refractivity contribution in [3.63, 3.8) is 0 Å². The number of rotatable bonds is 8. The zero-order valence-electron chi connectivity index (χ0n) is 19.1. The molecule has 35 heavy (non-hydrogen) atoms. The molecule has 9 heteroatoms. The van der Waals surface area contributed by atoms with Crippen LogP contribution in [0.25, 0.3) is 16.5 Å². The molecule has 4 rings (SSSR count). The van der Waals surface area contributed by atoms with Gasteiger partial charge in [-0.05, 0) is 36.6 Å². The Balaban J connectivity index is 1.59. The van der Waals surface area contributed by atoms with E-state index >= 15 is 0 Å². The second-order valence-electron chi connectivity index (χ2n) is 8.50. The second kappa shape index (κ2) is 9.94. The summed E-state index contributed by atoms with van der Waals surface area (Å²) in [6, 6.07) is 14.7. The normalized spacial score (nSPS) is 17.1. The largest absolute Gasteiger partial charge is 0.478 e. The van der Waals surface area contributed by atoms with Crippen LogP contribution in [0.5, 0.6) is 0 Å². The highest BCUT2D eigenvalue weighted by Crippen LogP contribution is 2.30. The van der Waals surface area contributed by atoms with Crippen molar-refractivity contribution in [2.24, 2.45) is 11.7 Å². The minimum Gasteiger partial charge on any atom is -0.478 e. The minimum absolute atomic E-state index is 0.120. The number of esters is 1. The quantitative estimate of drug-likeness (QED) is 0.197. The van der Waals surface area contributed by atoms with E-state index in [4.69, 9.17) is 10.5 Å². The molecule has 180 valence electrons. The Morgan fingerprint density at radius 1 is 1.20 bits per heavy atom. The number of H-pyrrole nitrogens is 1. The Bertz CT molecular complexity index is 1330. The van der Waals surface area contributed by atoms with Crippen molar-refractivity contribution in [2.45, 2.75) is 32.5 Å². The van der Waals surface area contributed by atoms with Crippen molar-refractivity contribution < 1.29 is 29.0 Å². The van der Waals surface area contributed by atoms with Crippen LogP contribution in [0.15, 0.2) is 60.8 Å².